The van der Waals surface area contributed by atoms with Crippen molar-refractivity contribution >= 4 is 18.4 Å². The van der Waals surface area contributed by atoms with Gasteiger partial charge in [-0.2, -0.15) is 0 Å². The van der Waals surface area contributed by atoms with Crippen molar-refractivity contribution in [1.82, 2.24) is 0 Å². The predicted octanol–water partition coefficient (Wildman–Crippen LogP) is 5.64. The second kappa shape index (κ2) is 7.63. The minimum Gasteiger partial charge on any atom is -0.424 e. The molecule has 21 heavy (non-hydrogen) atoms. The highest BCUT2D eigenvalue weighted by atomic mass is 31.2. The largest absolute Gasteiger partial charge is 0.424 e. The summed E-state index contributed by atoms with van der Waals surface area (Å²) >= 11 is 0. The Hall–Kier alpha value is -1.31. The van der Waals surface area contributed by atoms with Crippen molar-refractivity contribution in [3.63, 3.8) is 0 Å². The Balaban J connectivity index is 2.06. The smallest absolute Gasteiger partial charge is 0.378 e. The third-order valence-electron chi connectivity index (χ3n) is 3.53. The van der Waals surface area contributed by atoms with Gasteiger partial charge in [0.25, 0.3) is 0 Å². The average molecular weight is 306 g/mol. The quantitative estimate of drug-likeness (QED) is 0.468. The third kappa shape index (κ3) is 4.59. The molecule has 2 rings (SSSR count). The molecule has 4 heteroatoms. The normalized spacial score (nSPS) is 14.0. The molecule has 0 saturated carbocycles. The summed E-state index contributed by atoms with van der Waals surface area (Å²) in [6, 6.07) is 13.8. The number of fused-ring (bicyclic) bond motifs is 1. The van der Waals surface area contributed by atoms with Gasteiger partial charge in [-0.1, -0.05) is 56.5 Å². The molecule has 0 unspecified atom stereocenters. The van der Waals surface area contributed by atoms with Gasteiger partial charge < -0.3 is 9.05 Å². The van der Waals surface area contributed by atoms with Crippen molar-refractivity contribution in [2.75, 3.05) is 13.3 Å². The second-order valence-corrected chi connectivity index (χ2v) is 7.39. The van der Waals surface area contributed by atoms with Gasteiger partial charge in [0.1, 0.15) is 5.75 Å². The fraction of sp³-hybridized carbons (Fsp3) is 0.412. The van der Waals surface area contributed by atoms with Gasteiger partial charge in [0.05, 0.1) is 6.16 Å². The maximum absolute atomic E-state index is 12.6. The van der Waals surface area contributed by atoms with Crippen molar-refractivity contribution in [1.29, 1.82) is 0 Å². The molecule has 0 aliphatic rings. The van der Waals surface area contributed by atoms with Crippen LogP contribution in [0, 0.1) is 0 Å². The van der Waals surface area contributed by atoms with E-state index in [9.17, 15) is 4.57 Å². The summed E-state index contributed by atoms with van der Waals surface area (Å²) in [6.45, 7) is 2.15. The fourth-order valence-corrected chi connectivity index (χ4v) is 3.69. The van der Waals surface area contributed by atoms with Crippen LogP contribution in [0.25, 0.3) is 10.8 Å². The van der Waals surface area contributed by atoms with E-state index in [0.29, 0.717) is 11.9 Å². The van der Waals surface area contributed by atoms with Gasteiger partial charge in [-0.05, 0) is 29.3 Å². The van der Waals surface area contributed by atoms with Gasteiger partial charge in [-0.3, -0.25) is 0 Å². The van der Waals surface area contributed by atoms with Crippen LogP contribution in [0.2, 0.25) is 0 Å². The van der Waals surface area contributed by atoms with Crippen molar-refractivity contribution in [3.8, 4) is 5.75 Å². The summed E-state index contributed by atoms with van der Waals surface area (Å²) in [7, 11) is -1.58. The Morgan fingerprint density at radius 1 is 1.00 bits per heavy atom. The van der Waals surface area contributed by atoms with E-state index in [0.717, 1.165) is 36.5 Å². The number of hydrogen-bond acceptors (Lipinski definition) is 3. The first-order valence-corrected chi connectivity index (χ1v) is 9.23. The van der Waals surface area contributed by atoms with Crippen LogP contribution < -0.4 is 4.52 Å². The lowest BCUT2D eigenvalue weighted by Crippen LogP contribution is -2.00. The molecule has 0 aliphatic carbocycles. The van der Waals surface area contributed by atoms with E-state index in [-0.39, 0.29) is 0 Å². The minimum atomic E-state index is -3.04. The summed E-state index contributed by atoms with van der Waals surface area (Å²) < 4.78 is 23.4. The van der Waals surface area contributed by atoms with E-state index >= 15 is 0 Å². The molecule has 0 saturated heterocycles. The maximum Gasteiger partial charge on any atom is 0.378 e. The third-order valence-corrected chi connectivity index (χ3v) is 5.44. The van der Waals surface area contributed by atoms with Gasteiger partial charge in [-0.25, -0.2) is 4.57 Å². The van der Waals surface area contributed by atoms with Crippen LogP contribution in [-0.2, 0) is 9.09 Å². The first-order chi connectivity index (χ1) is 10.2. The Morgan fingerprint density at radius 2 is 1.76 bits per heavy atom. The van der Waals surface area contributed by atoms with Crippen LogP contribution in [0.1, 0.15) is 32.6 Å². The molecule has 0 radical (unpaired) electrons. The summed E-state index contributed by atoms with van der Waals surface area (Å²) in [6.07, 6.45) is 4.70. The van der Waals surface area contributed by atoms with Crippen LogP contribution in [0.15, 0.2) is 42.5 Å². The van der Waals surface area contributed by atoms with Crippen LogP contribution in [0.5, 0.6) is 5.75 Å². The number of hydrogen-bond donors (Lipinski definition) is 0. The zero-order valence-corrected chi connectivity index (χ0v) is 13.6. The van der Waals surface area contributed by atoms with Crippen molar-refractivity contribution in [2.24, 2.45) is 0 Å². The molecule has 3 nitrogen and oxygen atoms in total. The number of rotatable bonds is 8. The van der Waals surface area contributed by atoms with E-state index in [2.05, 4.69) is 6.92 Å². The van der Waals surface area contributed by atoms with Gasteiger partial charge in [0.15, 0.2) is 0 Å². The fourth-order valence-electron chi connectivity index (χ4n) is 2.29. The van der Waals surface area contributed by atoms with Crippen molar-refractivity contribution in [2.45, 2.75) is 32.6 Å². The predicted molar refractivity (Wildman–Crippen MR) is 88.2 cm³/mol. The standard InChI is InChI=1S/C17H23O3P/c1-3-4-5-8-13-21(18,19-2)20-17-12-11-15-9-6-7-10-16(15)14-17/h6-7,9-12,14H,3-5,8,13H2,1-2H3/t21-/m1/s1. The summed E-state index contributed by atoms with van der Waals surface area (Å²) in [5.41, 5.74) is 0. The molecule has 0 amide bonds. The lowest BCUT2D eigenvalue weighted by atomic mass is 10.1. The Bertz CT molecular complexity index is 624. The lowest BCUT2D eigenvalue weighted by Gasteiger charge is -2.17. The topological polar surface area (TPSA) is 35.5 Å². The average Bonchev–Trinajstić information content (AvgIpc) is 2.51. The van der Waals surface area contributed by atoms with E-state index in [1.165, 1.54) is 7.11 Å². The summed E-state index contributed by atoms with van der Waals surface area (Å²) in [5, 5.41) is 2.21. The SMILES string of the molecule is CCCCCC[P@@](=O)(OC)Oc1ccc2ccccc2c1. The molecule has 2 aromatic rings. The molecular formula is C17H23O3P. The Morgan fingerprint density at radius 3 is 2.48 bits per heavy atom. The van der Waals surface area contributed by atoms with Gasteiger partial charge in [0.2, 0.25) is 0 Å². The zero-order chi connectivity index (χ0) is 15.1. The lowest BCUT2D eigenvalue weighted by molar-refractivity contribution is 0.320. The van der Waals surface area contributed by atoms with E-state index in [4.69, 9.17) is 9.05 Å². The van der Waals surface area contributed by atoms with E-state index in [1.54, 1.807) is 0 Å². The molecule has 0 N–H and O–H groups in total. The second-order valence-electron chi connectivity index (χ2n) is 5.18. The first kappa shape index (κ1) is 16.1. The molecule has 0 bridgehead atoms. The highest BCUT2D eigenvalue weighted by Gasteiger charge is 2.23. The number of unbranched alkanes of at least 4 members (excludes halogenated alkanes) is 3. The Labute approximate surface area is 126 Å². The van der Waals surface area contributed by atoms with E-state index < -0.39 is 7.60 Å². The zero-order valence-electron chi connectivity index (χ0n) is 12.7. The van der Waals surface area contributed by atoms with Gasteiger partial charge in [-0.15, -0.1) is 0 Å². The number of benzene rings is 2. The first-order valence-electron chi connectivity index (χ1n) is 7.50. The van der Waals surface area contributed by atoms with Crippen LogP contribution in [-0.4, -0.2) is 13.3 Å². The summed E-state index contributed by atoms with van der Waals surface area (Å²) in [4.78, 5) is 0. The van der Waals surface area contributed by atoms with Crippen LogP contribution in [0.4, 0.5) is 0 Å². The van der Waals surface area contributed by atoms with Crippen molar-refractivity contribution in [3.05, 3.63) is 42.5 Å². The molecule has 2 aromatic carbocycles. The van der Waals surface area contributed by atoms with Crippen LogP contribution >= 0.6 is 7.60 Å². The Kier molecular flexibility index (Phi) is 5.84. The molecule has 114 valence electrons. The highest BCUT2D eigenvalue weighted by molar-refractivity contribution is 7.54. The highest BCUT2D eigenvalue weighted by Crippen LogP contribution is 2.48. The van der Waals surface area contributed by atoms with Crippen LogP contribution in [0.3, 0.4) is 0 Å². The van der Waals surface area contributed by atoms with Gasteiger partial charge in [0, 0.05) is 7.11 Å². The van der Waals surface area contributed by atoms with Crippen molar-refractivity contribution < 1.29 is 13.6 Å². The summed E-state index contributed by atoms with van der Waals surface area (Å²) in [5.74, 6) is 0.606. The molecular weight excluding hydrogens is 283 g/mol. The monoisotopic (exact) mass is 306 g/mol. The minimum absolute atomic E-state index is 0.469. The maximum atomic E-state index is 12.6. The molecule has 0 aliphatic heterocycles. The molecule has 0 fully saturated rings. The van der Waals surface area contributed by atoms with Gasteiger partial charge >= 0.3 is 7.60 Å². The van der Waals surface area contributed by atoms with E-state index in [1.807, 2.05) is 42.5 Å². The molecule has 1 atom stereocenters. The molecule has 0 aromatic heterocycles. The molecule has 0 spiro atoms. The molecule has 0 heterocycles.